The molecule has 1 atom stereocenters. The van der Waals surface area contributed by atoms with Crippen LogP contribution < -0.4 is 4.72 Å². The lowest BCUT2D eigenvalue weighted by Gasteiger charge is -2.22. The van der Waals surface area contributed by atoms with Crippen LogP contribution in [-0.2, 0) is 10.0 Å². The van der Waals surface area contributed by atoms with Crippen LogP contribution in [0.2, 0.25) is 0 Å². The van der Waals surface area contributed by atoms with Crippen molar-refractivity contribution in [1.82, 2.24) is 4.72 Å². The van der Waals surface area contributed by atoms with Crippen LogP contribution in [0.3, 0.4) is 0 Å². The second-order valence-electron chi connectivity index (χ2n) is 5.58. The molecule has 0 aliphatic heterocycles. The molecule has 0 saturated carbocycles. The molecule has 4 nitrogen and oxygen atoms in total. The fourth-order valence-corrected chi connectivity index (χ4v) is 3.59. The van der Waals surface area contributed by atoms with E-state index in [0.29, 0.717) is 0 Å². The summed E-state index contributed by atoms with van der Waals surface area (Å²) in [4.78, 5) is 0. The zero-order chi connectivity index (χ0) is 13.8. The Labute approximate surface area is 109 Å². The van der Waals surface area contributed by atoms with E-state index >= 15 is 0 Å². The molecule has 0 unspecified atom stereocenters. The van der Waals surface area contributed by atoms with E-state index in [2.05, 4.69) is 4.72 Å². The van der Waals surface area contributed by atoms with Crippen molar-refractivity contribution in [2.24, 2.45) is 5.41 Å². The SMILES string of the molecule is CC(C)(C)CS(=O)(=O)N[C@@H](CO)c1ccccc1. The van der Waals surface area contributed by atoms with E-state index in [1.807, 2.05) is 39.0 Å². The van der Waals surface area contributed by atoms with Gasteiger partial charge in [-0.25, -0.2) is 13.1 Å². The van der Waals surface area contributed by atoms with Gasteiger partial charge in [-0.05, 0) is 11.0 Å². The summed E-state index contributed by atoms with van der Waals surface area (Å²) in [6, 6.07) is 8.48. The molecule has 0 saturated heterocycles. The number of sulfonamides is 1. The third-order valence-electron chi connectivity index (χ3n) is 2.33. The molecular weight excluding hydrogens is 250 g/mol. The second-order valence-corrected chi connectivity index (χ2v) is 7.34. The molecule has 0 heterocycles. The highest BCUT2D eigenvalue weighted by Crippen LogP contribution is 2.18. The summed E-state index contributed by atoms with van der Waals surface area (Å²) < 4.78 is 26.5. The molecule has 0 bridgehead atoms. The summed E-state index contributed by atoms with van der Waals surface area (Å²) in [5.41, 5.74) is 0.445. The smallest absolute Gasteiger partial charge is 0.212 e. The summed E-state index contributed by atoms with van der Waals surface area (Å²) in [5, 5.41) is 9.31. The fourth-order valence-electron chi connectivity index (χ4n) is 1.72. The lowest BCUT2D eigenvalue weighted by atomic mass is 10.0. The van der Waals surface area contributed by atoms with E-state index in [0.717, 1.165) is 5.56 Å². The Kier molecular flexibility index (Phi) is 4.90. The molecule has 0 aliphatic carbocycles. The Morgan fingerprint density at radius 1 is 1.22 bits per heavy atom. The average Bonchev–Trinajstić information content (AvgIpc) is 2.24. The number of aliphatic hydroxyl groups is 1. The normalized spacial score (nSPS) is 14.4. The van der Waals surface area contributed by atoms with E-state index in [1.54, 1.807) is 12.1 Å². The number of hydrogen-bond acceptors (Lipinski definition) is 3. The molecule has 102 valence electrons. The Morgan fingerprint density at radius 2 is 1.78 bits per heavy atom. The second kappa shape index (κ2) is 5.82. The number of nitrogens with one attached hydrogen (secondary N) is 1. The van der Waals surface area contributed by atoms with Gasteiger partial charge in [0.2, 0.25) is 10.0 Å². The predicted molar refractivity (Wildman–Crippen MR) is 72.6 cm³/mol. The highest BCUT2D eigenvalue weighted by Gasteiger charge is 2.24. The van der Waals surface area contributed by atoms with Gasteiger partial charge in [0.05, 0.1) is 18.4 Å². The van der Waals surface area contributed by atoms with Gasteiger partial charge in [0, 0.05) is 0 Å². The highest BCUT2D eigenvalue weighted by molar-refractivity contribution is 7.89. The number of aliphatic hydroxyl groups excluding tert-OH is 1. The standard InChI is InChI=1S/C13H21NO3S/c1-13(2,3)10-18(16,17)14-12(9-15)11-7-5-4-6-8-11/h4-8,12,14-15H,9-10H2,1-3H3/t12-/m0/s1. The molecule has 5 heteroatoms. The van der Waals surface area contributed by atoms with Gasteiger partial charge in [-0.2, -0.15) is 0 Å². The zero-order valence-corrected chi connectivity index (χ0v) is 11.9. The van der Waals surface area contributed by atoms with E-state index in [-0.39, 0.29) is 17.8 Å². The van der Waals surface area contributed by atoms with E-state index in [9.17, 15) is 13.5 Å². The van der Waals surface area contributed by atoms with Gasteiger partial charge >= 0.3 is 0 Å². The third kappa shape index (κ3) is 5.16. The quantitative estimate of drug-likeness (QED) is 0.856. The fraction of sp³-hybridized carbons (Fsp3) is 0.538. The number of benzene rings is 1. The summed E-state index contributed by atoms with van der Waals surface area (Å²) >= 11 is 0. The molecule has 0 radical (unpaired) electrons. The highest BCUT2D eigenvalue weighted by atomic mass is 32.2. The van der Waals surface area contributed by atoms with Crippen molar-refractivity contribution in [2.75, 3.05) is 12.4 Å². The Bertz CT molecular complexity index is 463. The Hall–Kier alpha value is -0.910. The van der Waals surface area contributed by atoms with Crippen molar-refractivity contribution in [1.29, 1.82) is 0 Å². The minimum absolute atomic E-state index is 0.0311. The van der Waals surface area contributed by atoms with Crippen LogP contribution in [0.4, 0.5) is 0 Å². The van der Waals surface area contributed by atoms with Crippen LogP contribution >= 0.6 is 0 Å². The molecule has 0 fully saturated rings. The first-order valence-electron chi connectivity index (χ1n) is 5.89. The summed E-state index contributed by atoms with van der Waals surface area (Å²) in [7, 11) is -3.41. The monoisotopic (exact) mass is 271 g/mol. The van der Waals surface area contributed by atoms with Crippen molar-refractivity contribution in [2.45, 2.75) is 26.8 Å². The summed E-state index contributed by atoms with van der Waals surface area (Å²) in [6.45, 7) is 5.33. The number of hydrogen-bond donors (Lipinski definition) is 2. The minimum Gasteiger partial charge on any atom is -0.394 e. The summed E-state index contributed by atoms with van der Waals surface area (Å²) in [6.07, 6.45) is 0. The van der Waals surface area contributed by atoms with Crippen LogP contribution in [0, 0.1) is 5.41 Å². The maximum Gasteiger partial charge on any atom is 0.212 e. The van der Waals surface area contributed by atoms with Crippen molar-refractivity contribution in [3.63, 3.8) is 0 Å². The first-order chi connectivity index (χ1) is 8.23. The van der Waals surface area contributed by atoms with Gasteiger partial charge in [0.1, 0.15) is 0 Å². The molecule has 0 aliphatic rings. The van der Waals surface area contributed by atoms with Crippen LogP contribution in [-0.4, -0.2) is 25.9 Å². The molecule has 0 spiro atoms. The van der Waals surface area contributed by atoms with Crippen molar-refractivity contribution >= 4 is 10.0 Å². The van der Waals surface area contributed by atoms with Crippen molar-refractivity contribution in [3.05, 3.63) is 35.9 Å². The topological polar surface area (TPSA) is 66.4 Å². The Balaban J connectivity index is 2.82. The molecule has 2 N–H and O–H groups in total. The van der Waals surface area contributed by atoms with Gasteiger partial charge < -0.3 is 5.11 Å². The zero-order valence-electron chi connectivity index (χ0n) is 11.1. The van der Waals surface area contributed by atoms with Crippen LogP contribution in [0.15, 0.2) is 30.3 Å². The first-order valence-corrected chi connectivity index (χ1v) is 7.54. The minimum atomic E-state index is -3.41. The molecule has 1 aromatic rings. The largest absolute Gasteiger partial charge is 0.394 e. The average molecular weight is 271 g/mol. The maximum absolute atomic E-state index is 12.0. The lowest BCUT2D eigenvalue weighted by Crippen LogP contribution is -2.36. The molecule has 18 heavy (non-hydrogen) atoms. The van der Waals surface area contributed by atoms with E-state index in [4.69, 9.17) is 0 Å². The van der Waals surface area contributed by atoms with Crippen molar-refractivity contribution < 1.29 is 13.5 Å². The molecule has 1 aromatic carbocycles. The number of rotatable bonds is 5. The van der Waals surface area contributed by atoms with Gasteiger partial charge in [-0.1, -0.05) is 51.1 Å². The molecule has 0 aromatic heterocycles. The lowest BCUT2D eigenvalue weighted by molar-refractivity contribution is 0.258. The summed E-state index contributed by atoms with van der Waals surface area (Å²) in [5.74, 6) is 0.0311. The third-order valence-corrected chi connectivity index (χ3v) is 4.22. The van der Waals surface area contributed by atoms with Gasteiger partial charge in [-0.15, -0.1) is 0 Å². The maximum atomic E-state index is 12.0. The van der Waals surface area contributed by atoms with Gasteiger partial charge in [0.25, 0.3) is 0 Å². The van der Waals surface area contributed by atoms with Crippen molar-refractivity contribution in [3.8, 4) is 0 Å². The molecule has 1 rings (SSSR count). The molecular formula is C13H21NO3S. The first kappa shape index (κ1) is 15.1. The van der Waals surface area contributed by atoms with Gasteiger partial charge in [0.15, 0.2) is 0 Å². The van der Waals surface area contributed by atoms with Crippen LogP contribution in [0.5, 0.6) is 0 Å². The van der Waals surface area contributed by atoms with E-state index < -0.39 is 16.1 Å². The Morgan fingerprint density at radius 3 is 2.22 bits per heavy atom. The van der Waals surface area contributed by atoms with Crippen LogP contribution in [0.1, 0.15) is 32.4 Å². The molecule has 0 amide bonds. The van der Waals surface area contributed by atoms with Gasteiger partial charge in [-0.3, -0.25) is 0 Å². The van der Waals surface area contributed by atoms with Crippen LogP contribution in [0.25, 0.3) is 0 Å². The predicted octanol–water partition coefficient (Wildman–Crippen LogP) is 1.69. The van der Waals surface area contributed by atoms with E-state index in [1.165, 1.54) is 0 Å².